The van der Waals surface area contributed by atoms with Crippen LogP contribution >= 0.6 is 22.9 Å². The summed E-state index contributed by atoms with van der Waals surface area (Å²) < 4.78 is 13.0. The molecule has 2 rings (SSSR count). The number of nitrogens with two attached hydrogens (primary N) is 1. The standard InChI is InChI=1S/C11H10ClFN2S/c12-9-3-7(1-2-10(9)13)11(14)4-8-5-15-6-16-8/h1-3,5-6,11H,4,14H2. The molecule has 84 valence electrons. The van der Waals surface area contributed by atoms with Gasteiger partial charge in [-0.3, -0.25) is 4.98 Å². The number of hydrogen-bond donors (Lipinski definition) is 1. The lowest BCUT2D eigenvalue weighted by Gasteiger charge is -2.11. The summed E-state index contributed by atoms with van der Waals surface area (Å²) in [6.07, 6.45) is 2.47. The zero-order valence-electron chi connectivity index (χ0n) is 8.36. The third-order valence-electron chi connectivity index (χ3n) is 2.28. The van der Waals surface area contributed by atoms with Gasteiger partial charge in [-0.05, 0) is 17.7 Å². The number of halogens is 2. The van der Waals surface area contributed by atoms with Crippen molar-refractivity contribution in [2.45, 2.75) is 12.5 Å². The molecule has 0 saturated heterocycles. The van der Waals surface area contributed by atoms with Crippen LogP contribution in [0.5, 0.6) is 0 Å². The first-order valence-electron chi connectivity index (χ1n) is 4.74. The van der Waals surface area contributed by atoms with E-state index >= 15 is 0 Å². The maximum absolute atomic E-state index is 13.0. The molecule has 2 N–H and O–H groups in total. The van der Waals surface area contributed by atoms with Gasteiger partial charge in [0.25, 0.3) is 0 Å². The Morgan fingerprint density at radius 2 is 2.31 bits per heavy atom. The molecule has 0 saturated carbocycles. The van der Waals surface area contributed by atoms with Gasteiger partial charge in [-0.2, -0.15) is 0 Å². The Balaban J connectivity index is 2.14. The monoisotopic (exact) mass is 256 g/mol. The largest absolute Gasteiger partial charge is 0.324 e. The molecule has 0 bridgehead atoms. The van der Waals surface area contributed by atoms with Crippen molar-refractivity contribution in [1.29, 1.82) is 0 Å². The quantitative estimate of drug-likeness (QED) is 0.916. The van der Waals surface area contributed by atoms with Crippen molar-refractivity contribution in [3.63, 3.8) is 0 Å². The Labute approximate surface area is 102 Å². The number of thiazole rings is 1. The van der Waals surface area contributed by atoms with Crippen molar-refractivity contribution < 1.29 is 4.39 Å². The Hall–Kier alpha value is -0.970. The van der Waals surface area contributed by atoms with Crippen molar-refractivity contribution in [3.05, 3.63) is 51.2 Å². The normalized spacial score (nSPS) is 12.7. The second-order valence-corrected chi connectivity index (χ2v) is 4.83. The lowest BCUT2D eigenvalue weighted by molar-refractivity contribution is 0.625. The molecule has 0 fully saturated rings. The third kappa shape index (κ3) is 2.58. The van der Waals surface area contributed by atoms with Crippen LogP contribution < -0.4 is 5.73 Å². The molecule has 5 heteroatoms. The minimum Gasteiger partial charge on any atom is -0.324 e. The summed E-state index contributed by atoms with van der Waals surface area (Å²) >= 11 is 7.25. The molecule has 1 unspecified atom stereocenters. The predicted octanol–water partition coefficient (Wildman–Crippen LogP) is 3.18. The van der Waals surface area contributed by atoms with Crippen molar-refractivity contribution in [1.82, 2.24) is 4.98 Å². The second kappa shape index (κ2) is 4.91. The fourth-order valence-electron chi connectivity index (χ4n) is 1.42. The smallest absolute Gasteiger partial charge is 0.141 e. The van der Waals surface area contributed by atoms with E-state index in [9.17, 15) is 4.39 Å². The van der Waals surface area contributed by atoms with E-state index in [-0.39, 0.29) is 11.1 Å². The molecule has 2 aromatic rings. The topological polar surface area (TPSA) is 38.9 Å². The van der Waals surface area contributed by atoms with Crippen LogP contribution in [0.4, 0.5) is 4.39 Å². The van der Waals surface area contributed by atoms with Gasteiger partial charge in [-0.25, -0.2) is 4.39 Å². The van der Waals surface area contributed by atoms with E-state index in [1.165, 1.54) is 6.07 Å². The highest BCUT2D eigenvalue weighted by atomic mass is 35.5. The molecule has 1 aromatic heterocycles. The fraction of sp³-hybridized carbons (Fsp3) is 0.182. The van der Waals surface area contributed by atoms with Crippen LogP contribution in [0.2, 0.25) is 5.02 Å². The molecule has 1 heterocycles. The summed E-state index contributed by atoms with van der Waals surface area (Å²) in [5, 5.41) is 0.109. The number of benzene rings is 1. The molecular weight excluding hydrogens is 247 g/mol. The summed E-state index contributed by atoms with van der Waals surface area (Å²) in [6.45, 7) is 0. The number of aromatic nitrogens is 1. The SMILES string of the molecule is NC(Cc1cncs1)c1ccc(F)c(Cl)c1. The Morgan fingerprint density at radius 3 is 2.94 bits per heavy atom. The van der Waals surface area contributed by atoms with Gasteiger partial charge in [0.1, 0.15) is 5.82 Å². The Bertz CT molecular complexity index is 473. The molecule has 1 aromatic carbocycles. The van der Waals surface area contributed by atoms with Gasteiger partial charge in [0.05, 0.1) is 10.5 Å². The van der Waals surface area contributed by atoms with Crippen molar-refractivity contribution in [2.75, 3.05) is 0 Å². The third-order valence-corrected chi connectivity index (χ3v) is 3.37. The van der Waals surface area contributed by atoms with E-state index in [2.05, 4.69) is 4.98 Å². The Morgan fingerprint density at radius 1 is 1.50 bits per heavy atom. The first-order valence-corrected chi connectivity index (χ1v) is 6.00. The van der Waals surface area contributed by atoms with E-state index < -0.39 is 5.82 Å². The lowest BCUT2D eigenvalue weighted by Crippen LogP contribution is -2.12. The van der Waals surface area contributed by atoms with Crippen LogP contribution in [0.1, 0.15) is 16.5 Å². The van der Waals surface area contributed by atoms with Crippen molar-refractivity contribution >= 4 is 22.9 Å². The molecule has 2 nitrogen and oxygen atoms in total. The summed E-state index contributed by atoms with van der Waals surface area (Å²) in [5.41, 5.74) is 8.60. The van der Waals surface area contributed by atoms with E-state index in [0.29, 0.717) is 6.42 Å². The molecule has 0 amide bonds. The summed E-state index contributed by atoms with van der Waals surface area (Å²) in [7, 11) is 0. The molecule has 0 aliphatic carbocycles. The van der Waals surface area contributed by atoms with Gasteiger partial charge < -0.3 is 5.73 Å². The highest BCUT2D eigenvalue weighted by Crippen LogP contribution is 2.22. The Kier molecular flexibility index (Phi) is 3.53. The predicted molar refractivity (Wildman–Crippen MR) is 64.2 cm³/mol. The van der Waals surface area contributed by atoms with Crippen molar-refractivity contribution in [3.8, 4) is 0 Å². The summed E-state index contributed by atoms with van der Waals surface area (Å²) in [4.78, 5) is 5.08. The number of rotatable bonds is 3. The van der Waals surface area contributed by atoms with E-state index in [4.69, 9.17) is 17.3 Å². The maximum atomic E-state index is 13.0. The molecule has 0 radical (unpaired) electrons. The molecule has 1 atom stereocenters. The number of nitrogens with zero attached hydrogens (tertiary/aromatic N) is 1. The molecule has 0 spiro atoms. The average molecular weight is 257 g/mol. The first-order chi connectivity index (χ1) is 7.66. The highest BCUT2D eigenvalue weighted by Gasteiger charge is 2.10. The van der Waals surface area contributed by atoms with E-state index in [1.54, 1.807) is 35.2 Å². The minimum absolute atomic E-state index is 0.109. The number of hydrogen-bond acceptors (Lipinski definition) is 3. The zero-order chi connectivity index (χ0) is 11.5. The fourth-order valence-corrected chi connectivity index (χ4v) is 2.26. The summed E-state index contributed by atoms with van der Waals surface area (Å²) in [6, 6.07) is 4.39. The van der Waals surface area contributed by atoms with E-state index in [1.807, 2.05) is 0 Å². The first kappa shape index (κ1) is 11.5. The molecule has 0 aliphatic heterocycles. The average Bonchev–Trinajstić information content (AvgIpc) is 2.74. The molecular formula is C11H10ClFN2S. The van der Waals surface area contributed by atoms with Crippen LogP contribution in [-0.2, 0) is 6.42 Å². The second-order valence-electron chi connectivity index (χ2n) is 3.45. The van der Waals surface area contributed by atoms with Gasteiger partial charge in [0.2, 0.25) is 0 Å². The van der Waals surface area contributed by atoms with Gasteiger partial charge in [-0.15, -0.1) is 11.3 Å². The maximum Gasteiger partial charge on any atom is 0.141 e. The van der Waals surface area contributed by atoms with E-state index in [0.717, 1.165) is 10.4 Å². The zero-order valence-corrected chi connectivity index (χ0v) is 9.93. The van der Waals surface area contributed by atoms with Gasteiger partial charge >= 0.3 is 0 Å². The van der Waals surface area contributed by atoms with Gasteiger partial charge in [0.15, 0.2) is 0 Å². The van der Waals surface area contributed by atoms with Crippen molar-refractivity contribution in [2.24, 2.45) is 5.73 Å². The van der Waals surface area contributed by atoms with Crippen LogP contribution in [0.3, 0.4) is 0 Å². The molecule has 0 aliphatic rings. The lowest BCUT2D eigenvalue weighted by atomic mass is 10.0. The van der Waals surface area contributed by atoms with Crippen LogP contribution in [0.25, 0.3) is 0 Å². The van der Waals surface area contributed by atoms with Gasteiger partial charge in [-0.1, -0.05) is 17.7 Å². The van der Waals surface area contributed by atoms with Crippen LogP contribution in [0, 0.1) is 5.82 Å². The van der Waals surface area contributed by atoms with Crippen LogP contribution in [-0.4, -0.2) is 4.98 Å². The summed E-state index contributed by atoms with van der Waals surface area (Å²) in [5.74, 6) is -0.421. The van der Waals surface area contributed by atoms with Gasteiger partial charge in [0, 0.05) is 23.5 Å². The van der Waals surface area contributed by atoms with Crippen LogP contribution in [0.15, 0.2) is 29.9 Å². The molecule has 16 heavy (non-hydrogen) atoms. The minimum atomic E-state index is -0.421. The highest BCUT2D eigenvalue weighted by molar-refractivity contribution is 7.09.